The molecule has 0 aromatic rings. The lowest BCUT2D eigenvalue weighted by Gasteiger charge is -2.31. The lowest BCUT2D eigenvalue weighted by molar-refractivity contribution is 0.175. The van der Waals surface area contributed by atoms with Crippen LogP contribution in [0.5, 0.6) is 0 Å². The molecule has 2 N–H and O–H groups in total. The Morgan fingerprint density at radius 2 is 1.54 bits per heavy atom. The first kappa shape index (κ1) is 12.9. The van der Waals surface area contributed by atoms with E-state index in [4.69, 9.17) is 5.73 Å². The molecule has 13 heavy (non-hydrogen) atoms. The second-order valence-electron chi connectivity index (χ2n) is 3.74. The minimum atomic E-state index is -2.51. The standard InChI is InChI=1S/C8H20N2O2S/c1-6(2)10(7(3)4)5-8(9)13(11)12/h6-8,13H,5,9H2,1-4H3. The summed E-state index contributed by atoms with van der Waals surface area (Å²) in [6.07, 6.45) is 0. The van der Waals surface area contributed by atoms with Crippen LogP contribution in [0.4, 0.5) is 0 Å². The highest BCUT2D eigenvalue weighted by Gasteiger charge is 2.17. The van der Waals surface area contributed by atoms with Crippen LogP contribution in [0.1, 0.15) is 27.7 Å². The summed E-state index contributed by atoms with van der Waals surface area (Å²) < 4.78 is 21.1. The van der Waals surface area contributed by atoms with Crippen LogP contribution in [-0.4, -0.2) is 37.3 Å². The number of thiol groups is 1. The van der Waals surface area contributed by atoms with Gasteiger partial charge in [-0.25, -0.2) is 8.42 Å². The van der Waals surface area contributed by atoms with Crippen molar-refractivity contribution < 1.29 is 8.42 Å². The zero-order chi connectivity index (χ0) is 10.6. The lowest BCUT2D eigenvalue weighted by atomic mass is 10.2. The highest BCUT2D eigenvalue weighted by Crippen LogP contribution is 2.05. The summed E-state index contributed by atoms with van der Waals surface area (Å²) in [5, 5.41) is -0.750. The third-order valence-electron chi connectivity index (χ3n) is 2.00. The number of hydrogen-bond acceptors (Lipinski definition) is 4. The maximum Gasteiger partial charge on any atom is 0.157 e. The molecule has 0 fully saturated rings. The minimum absolute atomic E-state index is 0.320. The Labute approximate surface area is 82.1 Å². The van der Waals surface area contributed by atoms with Crippen molar-refractivity contribution in [3.05, 3.63) is 0 Å². The summed E-state index contributed by atoms with van der Waals surface area (Å²) in [5.74, 6) is 0. The summed E-state index contributed by atoms with van der Waals surface area (Å²) in [6, 6.07) is 0.641. The van der Waals surface area contributed by atoms with E-state index in [0.717, 1.165) is 0 Å². The molecule has 1 atom stereocenters. The van der Waals surface area contributed by atoms with Crippen LogP contribution in [0, 0.1) is 0 Å². The Morgan fingerprint density at radius 3 is 1.77 bits per heavy atom. The quantitative estimate of drug-likeness (QED) is 0.624. The molecule has 4 nitrogen and oxygen atoms in total. The van der Waals surface area contributed by atoms with Crippen molar-refractivity contribution in [2.75, 3.05) is 6.54 Å². The smallest absolute Gasteiger partial charge is 0.157 e. The van der Waals surface area contributed by atoms with E-state index in [0.29, 0.717) is 18.6 Å². The van der Waals surface area contributed by atoms with E-state index < -0.39 is 16.1 Å². The third kappa shape index (κ3) is 4.59. The Morgan fingerprint density at radius 1 is 1.15 bits per heavy atom. The Kier molecular flexibility index (Phi) is 5.51. The molecule has 0 heterocycles. The Balaban J connectivity index is 4.26. The lowest BCUT2D eigenvalue weighted by Crippen LogP contribution is -2.45. The van der Waals surface area contributed by atoms with Crippen molar-refractivity contribution in [1.82, 2.24) is 4.90 Å². The minimum Gasteiger partial charge on any atom is -0.314 e. The van der Waals surface area contributed by atoms with Gasteiger partial charge in [0.25, 0.3) is 0 Å². The van der Waals surface area contributed by atoms with E-state index in [1.54, 1.807) is 0 Å². The largest absolute Gasteiger partial charge is 0.314 e. The zero-order valence-corrected chi connectivity index (χ0v) is 9.62. The SMILES string of the molecule is CC(C)N(CC(N)[SH](=O)=O)C(C)C. The monoisotopic (exact) mass is 208 g/mol. The molecule has 0 radical (unpaired) electrons. The van der Waals surface area contributed by atoms with Crippen molar-refractivity contribution in [2.24, 2.45) is 5.73 Å². The summed E-state index contributed by atoms with van der Waals surface area (Å²) in [7, 11) is -2.51. The normalized spacial score (nSPS) is 14.8. The van der Waals surface area contributed by atoms with Gasteiger partial charge in [0.2, 0.25) is 0 Å². The highest BCUT2D eigenvalue weighted by atomic mass is 32.2. The van der Waals surface area contributed by atoms with Gasteiger partial charge in [0.05, 0.1) is 0 Å². The molecule has 1 unspecified atom stereocenters. The van der Waals surface area contributed by atoms with Crippen LogP contribution in [0.15, 0.2) is 0 Å². The molecule has 80 valence electrons. The van der Waals surface area contributed by atoms with Gasteiger partial charge in [-0.1, -0.05) is 0 Å². The molecule has 0 aliphatic rings. The Hall–Kier alpha value is -0.130. The van der Waals surface area contributed by atoms with E-state index in [2.05, 4.69) is 4.90 Å². The van der Waals surface area contributed by atoms with Crippen LogP contribution in [0.25, 0.3) is 0 Å². The molecule has 0 saturated carbocycles. The zero-order valence-electron chi connectivity index (χ0n) is 8.73. The van der Waals surface area contributed by atoms with Crippen LogP contribution >= 0.6 is 0 Å². The molecule has 0 bridgehead atoms. The predicted octanol–water partition coefficient (Wildman–Crippen LogP) is 0.00140. The molecule has 0 aliphatic carbocycles. The van der Waals surface area contributed by atoms with Crippen molar-refractivity contribution in [3.8, 4) is 0 Å². The number of rotatable bonds is 5. The molecule has 0 spiro atoms. The fourth-order valence-electron chi connectivity index (χ4n) is 1.30. The highest BCUT2D eigenvalue weighted by molar-refractivity contribution is 7.73. The van der Waals surface area contributed by atoms with E-state index in [9.17, 15) is 8.42 Å². The fourth-order valence-corrected chi connectivity index (χ4v) is 1.62. The molecular formula is C8H20N2O2S. The first-order valence-corrected chi connectivity index (χ1v) is 5.75. The van der Waals surface area contributed by atoms with Gasteiger partial charge in [0.1, 0.15) is 5.37 Å². The molecule has 0 amide bonds. The number of nitrogens with zero attached hydrogens (tertiary/aromatic N) is 1. The van der Waals surface area contributed by atoms with Crippen LogP contribution in [-0.2, 0) is 10.7 Å². The van der Waals surface area contributed by atoms with E-state index in [1.807, 2.05) is 27.7 Å². The van der Waals surface area contributed by atoms with Crippen molar-refractivity contribution in [1.29, 1.82) is 0 Å². The summed E-state index contributed by atoms with van der Waals surface area (Å²) in [4.78, 5) is 2.07. The van der Waals surface area contributed by atoms with Gasteiger partial charge in [-0.05, 0) is 27.7 Å². The second kappa shape index (κ2) is 5.57. The number of hydrogen-bond donors (Lipinski definition) is 2. The topological polar surface area (TPSA) is 63.4 Å². The van der Waals surface area contributed by atoms with Crippen molar-refractivity contribution >= 4 is 10.7 Å². The second-order valence-corrected chi connectivity index (χ2v) is 4.97. The molecule has 0 saturated heterocycles. The summed E-state index contributed by atoms with van der Waals surface area (Å²) in [6.45, 7) is 8.54. The molecule has 0 rings (SSSR count). The van der Waals surface area contributed by atoms with Crippen LogP contribution < -0.4 is 5.73 Å². The third-order valence-corrected chi connectivity index (χ3v) is 2.70. The predicted molar refractivity (Wildman–Crippen MR) is 55.3 cm³/mol. The van der Waals surface area contributed by atoms with Gasteiger partial charge in [0, 0.05) is 18.6 Å². The number of nitrogens with two attached hydrogens (primary N) is 1. The molecular weight excluding hydrogens is 188 g/mol. The first-order chi connectivity index (χ1) is 5.86. The van der Waals surface area contributed by atoms with Gasteiger partial charge < -0.3 is 5.73 Å². The van der Waals surface area contributed by atoms with E-state index in [-0.39, 0.29) is 0 Å². The molecule has 5 heteroatoms. The van der Waals surface area contributed by atoms with Crippen molar-refractivity contribution in [2.45, 2.75) is 45.2 Å². The average molecular weight is 208 g/mol. The molecule has 0 aromatic heterocycles. The summed E-state index contributed by atoms with van der Waals surface area (Å²) >= 11 is 0. The van der Waals surface area contributed by atoms with Gasteiger partial charge in [-0.2, -0.15) is 0 Å². The fraction of sp³-hybridized carbons (Fsp3) is 1.00. The van der Waals surface area contributed by atoms with Gasteiger partial charge in [-0.15, -0.1) is 0 Å². The average Bonchev–Trinajstić information content (AvgIpc) is 1.97. The summed E-state index contributed by atoms with van der Waals surface area (Å²) in [5.41, 5.74) is 5.46. The maximum atomic E-state index is 10.6. The van der Waals surface area contributed by atoms with Crippen molar-refractivity contribution in [3.63, 3.8) is 0 Å². The van der Waals surface area contributed by atoms with Gasteiger partial charge >= 0.3 is 0 Å². The van der Waals surface area contributed by atoms with Crippen LogP contribution in [0.2, 0.25) is 0 Å². The van der Waals surface area contributed by atoms with E-state index in [1.165, 1.54) is 0 Å². The van der Waals surface area contributed by atoms with Crippen LogP contribution in [0.3, 0.4) is 0 Å². The van der Waals surface area contributed by atoms with Gasteiger partial charge in [-0.3, -0.25) is 4.90 Å². The first-order valence-electron chi connectivity index (χ1n) is 4.51. The molecule has 0 aromatic carbocycles. The maximum absolute atomic E-state index is 10.6. The Bertz CT molecular complexity index is 198. The van der Waals surface area contributed by atoms with E-state index >= 15 is 0 Å². The molecule has 0 aliphatic heterocycles. The van der Waals surface area contributed by atoms with Gasteiger partial charge in [0.15, 0.2) is 10.7 Å².